The van der Waals surface area contributed by atoms with Gasteiger partial charge in [0.25, 0.3) is 17.7 Å². The summed E-state index contributed by atoms with van der Waals surface area (Å²) >= 11 is 10.6. The Morgan fingerprint density at radius 3 is 0.853 bits per heavy atom. The molecular weight excluding hydrogens is 1580 g/mol. The van der Waals surface area contributed by atoms with Crippen LogP contribution in [0.4, 0.5) is 31.4 Å². The predicted molar refractivity (Wildman–Crippen MR) is 435 cm³/mol. The maximum atomic E-state index is 14.7. The fourth-order valence-corrected chi connectivity index (χ4v) is 13.8. The van der Waals surface area contributed by atoms with Gasteiger partial charge in [-0.1, -0.05) is 84.2 Å². The topological polar surface area (TPSA) is 379 Å². The summed E-state index contributed by atoms with van der Waals surface area (Å²) in [5, 5.41) is 19.3. The van der Waals surface area contributed by atoms with Gasteiger partial charge in [0, 0.05) is 127 Å². The number of hydrogen-bond donors (Lipinski definition) is 12. The second-order valence-corrected chi connectivity index (χ2v) is 33.3. The Morgan fingerprint density at radius 2 is 0.615 bits per heavy atom. The van der Waals surface area contributed by atoms with Crippen molar-refractivity contribution in [3.05, 3.63) is 193 Å². The SMILES string of the molecule is CC(C)(C)OC(=O)NCCCC[C@@](N)(C(=O)Cc1c[nH]c2ccc(Br)cc12)C(=O)Nc1ccc(C(c2ccc(NC(=O)[C@@](N)(CCCCNC(=O)OC(C)(C)C)C(=O)Cc3c[nH]c4ccc(Br)cc34)cc2)c2ccc(NC(=O)[C@@](N)(CCCCNC(=O)OC(C)(C)C)C(=O)Cc3c[nH]c4ccc(Br)cc34)cc2)cc1. The largest absolute Gasteiger partial charge is 0.444 e. The lowest BCUT2D eigenvalue weighted by molar-refractivity contribution is -0.134. The number of amides is 6. The third-order valence-electron chi connectivity index (χ3n) is 18.5. The van der Waals surface area contributed by atoms with Gasteiger partial charge in [-0.3, -0.25) is 28.8 Å². The number of alkyl carbamates (subject to hydrolysis) is 3. The number of nitrogens with one attached hydrogen (secondary N) is 9. The van der Waals surface area contributed by atoms with E-state index in [1.54, 1.807) is 117 Å². The Balaban J connectivity index is 1.00. The number of unbranched alkanes of at least 4 members (excludes halogenated alkanes) is 3. The average molecular weight is 1680 g/mol. The fraction of sp³-hybridized carbons (Fsp3) is 0.378. The van der Waals surface area contributed by atoms with Crippen molar-refractivity contribution in [3.8, 4) is 0 Å². The highest BCUT2D eigenvalue weighted by atomic mass is 79.9. The van der Waals surface area contributed by atoms with Crippen molar-refractivity contribution in [2.24, 2.45) is 17.2 Å². The number of nitrogens with two attached hydrogens (primary N) is 3. The van der Waals surface area contributed by atoms with Gasteiger partial charge in [-0.2, -0.15) is 0 Å². The van der Waals surface area contributed by atoms with Crippen molar-refractivity contribution in [2.75, 3.05) is 35.6 Å². The number of fused-ring (bicyclic) bond motifs is 3. The van der Waals surface area contributed by atoms with E-state index >= 15 is 0 Å². The quantitative estimate of drug-likeness (QED) is 0.00787. The van der Waals surface area contributed by atoms with Crippen molar-refractivity contribution in [2.45, 2.75) is 179 Å². The number of halogens is 3. The molecule has 9 rings (SSSR count). The summed E-state index contributed by atoms with van der Waals surface area (Å²) in [6.45, 7) is 16.4. The number of anilines is 3. The zero-order valence-corrected chi connectivity index (χ0v) is 67.6. The highest BCUT2D eigenvalue weighted by Crippen LogP contribution is 2.36. The van der Waals surface area contributed by atoms with E-state index in [0.29, 0.717) is 69.7 Å². The van der Waals surface area contributed by atoms with Gasteiger partial charge in [-0.15, -0.1) is 0 Å². The van der Waals surface area contributed by atoms with Crippen LogP contribution in [0.15, 0.2) is 159 Å². The van der Waals surface area contributed by atoms with Crippen LogP contribution in [0.3, 0.4) is 0 Å². The lowest BCUT2D eigenvalue weighted by Crippen LogP contribution is -2.58. The van der Waals surface area contributed by atoms with Crippen molar-refractivity contribution in [3.63, 3.8) is 0 Å². The molecule has 6 aromatic carbocycles. The van der Waals surface area contributed by atoms with Crippen LogP contribution >= 0.6 is 47.8 Å². The summed E-state index contributed by atoms with van der Waals surface area (Å²) in [5.41, 5.74) is 20.2. The molecule has 0 spiro atoms. The number of ketones is 3. The van der Waals surface area contributed by atoms with E-state index in [4.69, 9.17) is 31.4 Å². The molecule has 0 aliphatic rings. The Kier molecular flexibility index (Phi) is 27.5. The Bertz CT molecular complexity index is 4310. The second-order valence-electron chi connectivity index (χ2n) is 30.5. The first-order valence-electron chi connectivity index (χ1n) is 36.3. The average Bonchev–Trinajstić information content (AvgIpc) is 1.76. The molecule has 0 unspecified atom stereocenters. The highest BCUT2D eigenvalue weighted by molar-refractivity contribution is 9.11. The summed E-state index contributed by atoms with van der Waals surface area (Å²) in [6.07, 6.45) is 4.69. The third-order valence-corrected chi connectivity index (χ3v) is 19.9. The Hall–Kier alpha value is -9.51. The molecule has 27 heteroatoms. The van der Waals surface area contributed by atoms with Crippen molar-refractivity contribution in [1.29, 1.82) is 0 Å². The van der Waals surface area contributed by atoms with Crippen LogP contribution in [0.5, 0.6) is 0 Å². The molecule has 0 fully saturated rings. The number of H-pyrrole nitrogens is 3. The first-order valence-corrected chi connectivity index (χ1v) is 38.6. The van der Waals surface area contributed by atoms with Crippen LogP contribution in [0.2, 0.25) is 0 Å². The van der Waals surface area contributed by atoms with Gasteiger partial charge in [0.2, 0.25) is 0 Å². The van der Waals surface area contributed by atoms with Crippen LogP contribution in [0.25, 0.3) is 32.7 Å². The number of ether oxygens (including phenoxy) is 3. The van der Waals surface area contributed by atoms with Gasteiger partial charge < -0.3 is 78.3 Å². The molecule has 3 aromatic heterocycles. The molecule has 109 heavy (non-hydrogen) atoms. The fourth-order valence-electron chi connectivity index (χ4n) is 12.7. The summed E-state index contributed by atoms with van der Waals surface area (Å²) in [7, 11) is 0. The highest BCUT2D eigenvalue weighted by Gasteiger charge is 2.44. The van der Waals surface area contributed by atoms with Gasteiger partial charge >= 0.3 is 18.3 Å². The number of rotatable bonds is 33. The maximum Gasteiger partial charge on any atom is 0.407 e. The number of benzene rings is 6. The van der Waals surface area contributed by atoms with E-state index in [0.717, 1.165) is 46.1 Å². The number of aromatic amines is 3. The van der Waals surface area contributed by atoms with Gasteiger partial charge in [-0.05, 0) is 244 Å². The van der Waals surface area contributed by atoms with E-state index in [1.807, 2.05) is 91.0 Å². The standard InChI is InChI=1S/C82H97Br3N12O12/c1-77(2,3)107-74(104)89-37-13-10-34-80(86,67(98)40-52-46-92-64-31-22-55(83)43-61(52)64)71(101)95-58-25-16-49(17-26-58)70(50-18-27-59(28-19-50)96-72(102)81(87,35-11-14-38-90-75(105)108-78(4,5)6)68(99)41-53-47-93-65-32-23-56(84)44-62(53)65)51-20-29-60(30-21-51)97-73(103)82(88,36-12-15-39-91-76(106)109-79(7,8)9)69(100)42-54-48-94-66-33-24-57(85)45-63(54)66/h16-33,43-48,70,92-94H,10-15,34-42,86-88H2,1-9H3,(H,89,104)(H,90,105)(H,91,106)(H,95,101)(H,96,102)(H,97,103)/t80-,81-,82-/m1/s1. The summed E-state index contributed by atoms with van der Waals surface area (Å²) < 4.78 is 18.6. The minimum atomic E-state index is -2.03. The van der Waals surface area contributed by atoms with E-state index in [2.05, 4.69) is 94.6 Å². The molecule has 3 atom stereocenters. The predicted octanol–water partition coefficient (Wildman–Crippen LogP) is 15.0. The lowest BCUT2D eigenvalue weighted by atomic mass is 9.83. The van der Waals surface area contributed by atoms with Gasteiger partial charge in [0.1, 0.15) is 16.8 Å². The van der Waals surface area contributed by atoms with E-state index < -0.39 is 92.7 Å². The van der Waals surface area contributed by atoms with Gasteiger partial charge in [0.05, 0.1) is 0 Å². The van der Waals surface area contributed by atoms with E-state index in [-0.39, 0.29) is 77.4 Å². The molecule has 3 heterocycles. The summed E-state index contributed by atoms with van der Waals surface area (Å²) in [5.74, 6) is -4.40. The second kappa shape index (κ2) is 35.9. The first-order chi connectivity index (χ1) is 51.4. The van der Waals surface area contributed by atoms with E-state index in [1.165, 1.54) is 0 Å². The molecule has 578 valence electrons. The summed E-state index contributed by atoms with van der Waals surface area (Å²) in [4.78, 5) is 135. The number of hydrogen-bond acceptors (Lipinski definition) is 15. The molecule has 15 N–H and O–H groups in total. The third kappa shape index (κ3) is 22.8. The zero-order chi connectivity index (χ0) is 79.2. The first kappa shape index (κ1) is 83.5. The zero-order valence-electron chi connectivity index (χ0n) is 62.8. The van der Waals surface area contributed by atoms with Crippen LogP contribution in [-0.2, 0) is 62.2 Å². The van der Waals surface area contributed by atoms with Gasteiger partial charge in [0.15, 0.2) is 34.0 Å². The molecular formula is C82H97Br3N12O12. The van der Waals surface area contributed by atoms with Crippen molar-refractivity contribution >= 4 is 151 Å². The van der Waals surface area contributed by atoms with Crippen molar-refractivity contribution < 1.29 is 57.4 Å². The molecule has 0 aliphatic heterocycles. The van der Waals surface area contributed by atoms with E-state index in [9.17, 15) is 43.2 Å². The molecule has 24 nitrogen and oxygen atoms in total. The molecule has 6 amide bonds. The monoisotopic (exact) mass is 1680 g/mol. The molecule has 0 radical (unpaired) electrons. The number of Topliss-reactive ketones (excluding diaryl/α,β-unsaturated/α-hetero) is 3. The Morgan fingerprint density at radius 1 is 0.367 bits per heavy atom. The summed E-state index contributed by atoms with van der Waals surface area (Å²) in [6, 6.07) is 37.9. The van der Waals surface area contributed by atoms with Crippen molar-refractivity contribution in [1.82, 2.24) is 30.9 Å². The van der Waals surface area contributed by atoms with Crippen LogP contribution < -0.4 is 49.1 Å². The molecule has 0 saturated heterocycles. The van der Waals surface area contributed by atoms with Crippen LogP contribution in [0, 0.1) is 0 Å². The lowest BCUT2D eigenvalue weighted by Gasteiger charge is -2.28. The van der Waals surface area contributed by atoms with Crippen LogP contribution in [0.1, 0.15) is 159 Å². The minimum absolute atomic E-state index is 0.0608. The molecule has 9 aromatic rings. The normalized spacial score (nSPS) is 13.5. The Labute approximate surface area is 659 Å². The number of aromatic nitrogens is 3. The smallest absolute Gasteiger partial charge is 0.407 e. The maximum absolute atomic E-state index is 14.7. The molecule has 0 saturated carbocycles. The number of carbonyl (C=O) groups is 9. The molecule has 0 bridgehead atoms. The van der Waals surface area contributed by atoms with Crippen LogP contribution in [-0.4, -0.2) is 121 Å². The minimum Gasteiger partial charge on any atom is -0.444 e. The number of carbonyl (C=O) groups excluding carboxylic acids is 9. The molecule has 0 aliphatic carbocycles. The van der Waals surface area contributed by atoms with Gasteiger partial charge in [-0.25, -0.2) is 14.4 Å².